The maximum atomic E-state index is 12.2. The first-order valence-corrected chi connectivity index (χ1v) is 7.12. The third-order valence-corrected chi connectivity index (χ3v) is 3.95. The number of nitrogens with zero attached hydrogens (tertiary/aromatic N) is 1. The SMILES string of the molecule is C#CC1CC(=O)N(C(CC)c2ccc(OC)c(OC)c2)C1. The van der Waals surface area contributed by atoms with Crippen molar-refractivity contribution in [3.8, 4) is 23.8 Å². The van der Waals surface area contributed by atoms with Crippen molar-refractivity contribution in [3.05, 3.63) is 23.8 Å². The summed E-state index contributed by atoms with van der Waals surface area (Å²) in [6, 6.07) is 5.81. The van der Waals surface area contributed by atoms with Crippen LogP contribution in [0.1, 0.15) is 31.4 Å². The van der Waals surface area contributed by atoms with E-state index >= 15 is 0 Å². The van der Waals surface area contributed by atoms with Gasteiger partial charge in [0.05, 0.1) is 20.3 Å². The van der Waals surface area contributed by atoms with Crippen LogP contribution < -0.4 is 9.47 Å². The molecule has 0 bridgehead atoms. The molecule has 1 aliphatic heterocycles. The van der Waals surface area contributed by atoms with Crippen LogP contribution in [0, 0.1) is 18.3 Å². The lowest BCUT2D eigenvalue weighted by atomic mass is 10.0. The topological polar surface area (TPSA) is 38.8 Å². The lowest BCUT2D eigenvalue weighted by Crippen LogP contribution is -2.30. The zero-order valence-electron chi connectivity index (χ0n) is 12.8. The number of hydrogen-bond donors (Lipinski definition) is 0. The lowest BCUT2D eigenvalue weighted by molar-refractivity contribution is -0.129. The molecule has 1 aromatic rings. The molecule has 1 aromatic carbocycles. The molecular weight excluding hydrogens is 266 g/mol. The Labute approximate surface area is 126 Å². The minimum atomic E-state index is 0.0201. The van der Waals surface area contributed by atoms with Crippen molar-refractivity contribution in [2.75, 3.05) is 20.8 Å². The quantitative estimate of drug-likeness (QED) is 0.781. The van der Waals surface area contributed by atoms with E-state index in [0.717, 1.165) is 12.0 Å². The van der Waals surface area contributed by atoms with Crippen LogP contribution in [-0.2, 0) is 4.79 Å². The summed E-state index contributed by atoms with van der Waals surface area (Å²) in [4.78, 5) is 14.0. The minimum absolute atomic E-state index is 0.0201. The van der Waals surface area contributed by atoms with Gasteiger partial charge in [0.15, 0.2) is 11.5 Å². The fraction of sp³-hybridized carbons (Fsp3) is 0.471. The minimum Gasteiger partial charge on any atom is -0.493 e. The van der Waals surface area contributed by atoms with Crippen LogP contribution >= 0.6 is 0 Å². The molecule has 1 amide bonds. The van der Waals surface area contributed by atoms with E-state index in [4.69, 9.17) is 15.9 Å². The fourth-order valence-corrected chi connectivity index (χ4v) is 2.84. The molecule has 1 saturated heterocycles. The van der Waals surface area contributed by atoms with Crippen molar-refractivity contribution in [1.29, 1.82) is 0 Å². The largest absolute Gasteiger partial charge is 0.493 e. The molecule has 0 aliphatic carbocycles. The van der Waals surface area contributed by atoms with E-state index < -0.39 is 0 Å². The summed E-state index contributed by atoms with van der Waals surface area (Å²) in [6.45, 7) is 2.69. The van der Waals surface area contributed by atoms with Gasteiger partial charge in [-0.15, -0.1) is 12.3 Å². The molecule has 0 radical (unpaired) electrons. The van der Waals surface area contributed by atoms with Crippen molar-refractivity contribution in [2.45, 2.75) is 25.8 Å². The van der Waals surface area contributed by atoms with Crippen molar-refractivity contribution in [2.24, 2.45) is 5.92 Å². The molecule has 2 unspecified atom stereocenters. The molecule has 2 rings (SSSR count). The van der Waals surface area contributed by atoms with Gasteiger partial charge in [-0.1, -0.05) is 13.0 Å². The summed E-state index contributed by atoms with van der Waals surface area (Å²) < 4.78 is 10.6. The Hall–Kier alpha value is -2.15. The van der Waals surface area contributed by atoms with Gasteiger partial charge in [0.25, 0.3) is 0 Å². The molecule has 0 aromatic heterocycles. The summed E-state index contributed by atoms with van der Waals surface area (Å²) >= 11 is 0. The van der Waals surface area contributed by atoms with E-state index in [1.54, 1.807) is 14.2 Å². The van der Waals surface area contributed by atoms with Gasteiger partial charge in [0.2, 0.25) is 5.91 Å². The second-order valence-corrected chi connectivity index (χ2v) is 5.15. The van der Waals surface area contributed by atoms with Gasteiger partial charge < -0.3 is 14.4 Å². The summed E-state index contributed by atoms with van der Waals surface area (Å²) in [5.41, 5.74) is 1.04. The number of likely N-dealkylation sites (tertiary alicyclic amines) is 1. The van der Waals surface area contributed by atoms with Gasteiger partial charge in [-0.05, 0) is 24.1 Å². The molecule has 1 heterocycles. The number of carbonyl (C=O) groups is 1. The monoisotopic (exact) mass is 287 g/mol. The Morgan fingerprint density at radius 2 is 2.10 bits per heavy atom. The molecule has 4 heteroatoms. The first-order chi connectivity index (χ1) is 10.1. The van der Waals surface area contributed by atoms with Crippen LogP contribution in [0.2, 0.25) is 0 Å². The molecule has 2 atom stereocenters. The Morgan fingerprint density at radius 1 is 1.38 bits per heavy atom. The van der Waals surface area contributed by atoms with Crippen molar-refractivity contribution in [3.63, 3.8) is 0 Å². The zero-order chi connectivity index (χ0) is 15.4. The average molecular weight is 287 g/mol. The van der Waals surface area contributed by atoms with Gasteiger partial charge in [0, 0.05) is 18.9 Å². The highest BCUT2D eigenvalue weighted by Crippen LogP contribution is 2.35. The normalized spacial score (nSPS) is 19.2. The van der Waals surface area contributed by atoms with E-state index in [0.29, 0.717) is 24.5 Å². The Morgan fingerprint density at radius 3 is 2.62 bits per heavy atom. The Kier molecular flexibility index (Phi) is 4.74. The third kappa shape index (κ3) is 2.97. The molecule has 1 aliphatic rings. The second-order valence-electron chi connectivity index (χ2n) is 5.15. The zero-order valence-corrected chi connectivity index (χ0v) is 12.8. The van der Waals surface area contributed by atoms with Crippen LogP contribution in [0.5, 0.6) is 11.5 Å². The highest BCUT2D eigenvalue weighted by molar-refractivity contribution is 5.79. The Bertz CT molecular complexity index is 562. The number of amides is 1. The first kappa shape index (κ1) is 15.2. The lowest BCUT2D eigenvalue weighted by Gasteiger charge is -2.28. The van der Waals surface area contributed by atoms with Crippen LogP contribution in [0.4, 0.5) is 0 Å². The molecular formula is C17H21NO3. The number of hydrogen-bond acceptors (Lipinski definition) is 3. The van der Waals surface area contributed by atoms with Crippen molar-refractivity contribution in [1.82, 2.24) is 4.90 Å². The van der Waals surface area contributed by atoms with E-state index in [1.807, 2.05) is 23.1 Å². The number of carbonyl (C=O) groups excluding carboxylic acids is 1. The molecule has 4 nitrogen and oxygen atoms in total. The van der Waals surface area contributed by atoms with Gasteiger partial charge in [-0.3, -0.25) is 4.79 Å². The molecule has 21 heavy (non-hydrogen) atoms. The summed E-state index contributed by atoms with van der Waals surface area (Å²) in [6.07, 6.45) is 6.73. The predicted molar refractivity (Wildman–Crippen MR) is 81.2 cm³/mol. The van der Waals surface area contributed by atoms with Crippen molar-refractivity contribution >= 4 is 5.91 Å². The number of benzene rings is 1. The average Bonchev–Trinajstić information content (AvgIpc) is 2.89. The first-order valence-electron chi connectivity index (χ1n) is 7.12. The van der Waals surface area contributed by atoms with Gasteiger partial charge in [-0.2, -0.15) is 0 Å². The van der Waals surface area contributed by atoms with Crippen LogP contribution in [0.25, 0.3) is 0 Å². The van der Waals surface area contributed by atoms with Crippen LogP contribution in [0.15, 0.2) is 18.2 Å². The van der Waals surface area contributed by atoms with E-state index in [9.17, 15) is 4.79 Å². The van der Waals surface area contributed by atoms with Crippen LogP contribution in [-0.4, -0.2) is 31.6 Å². The maximum Gasteiger partial charge on any atom is 0.224 e. The van der Waals surface area contributed by atoms with Gasteiger partial charge >= 0.3 is 0 Å². The number of rotatable bonds is 5. The molecule has 1 fully saturated rings. The predicted octanol–water partition coefficient (Wildman–Crippen LogP) is 2.64. The number of terminal acetylenes is 1. The van der Waals surface area contributed by atoms with Crippen LogP contribution in [0.3, 0.4) is 0 Å². The molecule has 112 valence electrons. The molecule has 0 saturated carbocycles. The second kappa shape index (κ2) is 6.53. The highest BCUT2D eigenvalue weighted by atomic mass is 16.5. The van der Waals surface area contributed by atoms with Gasteiger partial charge in [-0.25, -0.2) is 0 Å². The van der Waals surface area contributed by atoms with Gasteiger partial charge in [0.1, 0.15) is 0 Å². The van der Waals surface area contributed by atoms with E-state index in [1.165, 1.54) is 0 Å². The van der Waals surface area contributed by atoms with Crippen molar-refractivity contribution < 1.29 is 14.3 Å². The number of ether oxygens (including phenoxy) is 2. The molecule has 0 spiro atoms. The third-order valence-electron chi connectivity index (χ3n) is 3.95. The molecule has 0 N–H and O–H groups in total. The highest BCUT2D eigenvalue weighted by Gasteiger charge is 2.33. The Balaban J connectivity index is 2.30. The van der Waals surface area contributed by atoms with E-state index in [2.05, 4.69) is 12.8 Å². The smallest absolute Gasteiger partial charge is 0.224 e. The number of methoxy groups -OCH3 is 2. The summed E-state index contributed by atoms with van der Waals surface area (Å²) in [7, 11) is 3.22. The summed E-state index contributed by atoms with van der Waals surface area (Å²) in [5, 5.41) is 0. The summed E-state index contributed by atoms with van der Waals surface area (Å²) in [5.74, 6) is 4.19. The maximum absolute atomic E-state index is 12.2. The standard InChI is InChI=1S/C17H21NO3/c1-5-12-9-17(19)18(11-12)14(6-2)13-7-8-15(20-3)16(10-13)21-4/h1,7-8,10,12,14H,6,9,11H2,2-4H3. The van der Waals surface area contributed by atoms with E-state index in [-0.39, 0.29) is 17.9 Å². The fourth-order valence-electron chi connectivity index (χ4n) is 2.84.